The molecule has 0 aliphatic heterocycles. The standard InChI is InChI=1S/C18H27BrClN/c1-13(2)11-21-12-16-6-4-3-5-14(16)9-15-7-8-17(19)10-18(15)20/h7-8,10,13-14,16,21H,3-6,9,11-12H2,1-2H3. The van der Waals surface area contributed by atoms with Crippen LogP contribution >= 0.6 is 27.5 Å². The van der Waals surface area contributed by atoms with Gasteiger partial charge in [0.2, 0.25) is 0 Å². The molecule has 2 unspecified atom stereocenters. The Kier molecular flexibility index (Phi) is 7.04. The summed E-state index contributed by atoms with van der Waals surface area (Å²) >= 11 is 9.88. The molecule has 1 fully saturated rings. The lowest BCUT2D eigenvalue weighted by molar-refractivity contribution is 0.226. The summed E-state index contributed by atoms with van der Waals surface area (Å²) in [5.41, 5.74) is 1.31. The molecule has 0 aromatic heterocycles. The minimum absolute atomic E-state index is 0.730. The third kappa shape index (κ3) is 5.58. The van der Waals surface area contributed by atoms with Crippen molar-refractivity contribution in [3.8, 4) is 0 Å². The molecule has 1 N–H and O–H groups in total. The van der Waals surface area contributed by atoms with Gasteiger partial charge in [0.25, 0.3) is 0 Å². The quantitative estimate of drug-likeness (QED) is 0.675. The van der Waals surface area contributed by atoms with Crippen molar-refractivity contribution < 1.29 is 0 Å². The molecule has 0 amide bonds. The van der Waals surface area contributed by atoms with Crippen molar-refractivity contribution in [2.24, 2.45) is 17.8 Å². The minimum atomic E-state index is 0.730. The van der Waals surface area contributed by atoms with Crippen LogP contribution in [-0.2, 0) is 6.42 Å². The molecule has 1 aliphatic rings. The highest BCUT2D eigenvalue weighted by molar-refractivity contribution is 9.10. The lowest BCUT2D eigenvalue weighted by Gasteiger charge is -2.32. The van der Waals surface area contributed by atoms with E-state index in [0.717, 1.165) is 46.8 Å². The monoisotopic (exact) mass is 371 g/mol. The summed E-state index contributed by atoms with van der Waals surface area (Å²) in [5.74, 6) is 2.31. The van der Waals surface area contributed by atoms with Gasteiger partial charge in [0.1, 0.15) is 0 Å². The van der Waals surface area contributed by atoms with Gasteiger partial charge in [-0.1, -0.05) is 60.3 Å². The van der Waals surface area contributed by atoms with E-state index in [0.29, 0.717) is 0 Å². The zero-order chi connectivity index (χ0) is 15.2. The normalized spacial score (nSPS) is 22.7. The fourth-order valence-electron chi connectivity index (χ4n) is 3.35. The van der Waals surface area contributed by atoms with Crippen LogP contribution in [0, 0.1) is 17.8 Å². The Balaban J connectivity index is 1.94. The van der Waals surface area contributed by atoms with E-state index in [1.165, 1.54) is 31.2 Å². The van der Waals surface area contributed by atoms with Crippen LogP contribution in [0.1, 0.15) is 45.1 Å². The van der Waals surface area contributed by atoms with Crippen LogP contribution in [-0.4, -0.2) is 13.1 Å². The van der Waals surface area contributed by atoms with E-state index in [2.05, 4.69) is 47.2 Å². The first-order chi connectivity index (χ1) is 10.1. The molecule has 2 rings (SSSR count). The smallest absolute Gasteiger partial charge is 0.0449 e. The van der Waals surface area contributed by atoms with Crippen LogP contribution < -0.4 is 5.32 Å². The molecule has 1 aliphatic carbocycles. The predicted molar refractivity (Wildman–Crippen MR) is 96.0 cm³/mol. The molecule has 21 heavy (non-hydrogen) atoms. The lowest BCUT2D eigenvalue weighted by atomic mass is 9.76. The first-order valence-electron chi connectivity index (χ1n) is 8.21. The van der Waals surface area contributed by atoms with Crippen LogP contribution in [0.5, 0.6) is 0 Å². The highest BCUT2D eigenvalue weighted by Gasteiger charge is 2.25. The van der Waals surface area contributed by atoms with Gasteiger partial charge in [0, 0.05) is 9.50 Å². The topological polar surface area (TPSA) is 12.0 Å². The van der Waals surface area contributed by atoms with Gasteiger partial charge in [-0.05, 0) is 67.8 Å². The Bertz CT molecular complexity index is 447. The van der Waals surface area contributed by atoms with Crippen molar-refractivity contribution in [3.05, 3.63) is 33.3 Å². The van der Waals surface area contributed by atoms with Gasteiger partial charge < -0.3 is 5.32 Å². The number of benzene rings is 1. The molecule has 0 heterocycles. The summed E-state index contributed by atoms with van der Waals surface area (Å²) in [5, 5.41) is 4.56. The number of rotatable bonds is 6. The van der Waals surface area contributed by atoms with Crippen LogP contribution in [0.25, 0.3) is 0 Å². The third-order valence-corrected chi connectivity index (χ3v) is 5.37. The van der Waals surface area contributed by atoms with Gasteiger partial charge in [-0.15, -0.1) is 0 Å². The fourth-order valence-corrected chi connectivity index (χ4v) is 4.10. The number of halogens is 2. The average Bonchev–Trinajstić information content (AvgIpc) is 2.43. The second-order valence-electron chi connectivity index (χ2n) is 6.80. The van der Waals surface area contributed by atoms with Gasteiger partial charge in [-0.2, -0.15) is 0 Å². The van der Waals surface area contributed by atoms with Crippen molar-refractivity contribution in [2.75, 3.05) is 13.1 Å². The number of hydrogen-bond acceptors (Lipinski definition) is 1. The maximum atomic E-state index is 6.40. The minimum Gasteiger partial charge on any atom is -0.316 e. The van der Waals surface area contributed by atoms with E-state index >= 15 is 0 Å². The molecule has 118 valence electrons. The Morgan fingerprint density at radius 3 is 2.62 bits per heavy atom. The van der Waals surface area contributed by atoms with E-state index in [9.17, 15) is 0 Å². The molecule has 1 aromatic carbocycles. The molecular weight excluding hydrogens is 346 g/mol. The molecule has 0 bridgehead atoms. The average molecular weight is 373 g/mol. The summed E-state index contributed by atoms with van der Waals surface area (Å²) in [6, 6.07) is 6.31. The van der Waals surface area contributed by atoms with E-state index in [1.807, 2.05) is 6.07 Å². The van der Waals surface area contributed by atoms with Crippen molar-refractivity contribution in [1.82, 2.24) is 5.32 Å². The molecule has 3 heteroatoms. The van der Waals surface area contributed by atoms with Crippen LogP contribution in [0.15, 0.2) is 22.7 Å². The lowest BCUT2D eigenvalue weighted by Crippen LogP contribution is -2.33. The van der Waals surface area contributed by atoms with Crippen LogP contribution in [0.4, 0.5) is 0 Å². The second kappa shape index (κ2) is 8.55. The summed E-state index contributed by atoms with van der Waals surface area (Å²) in [6.45, 7) is 6.83. The van der Waals surface area contributed by atoms with Crippen LogP contribution in [0.3, 0.4) is 0 Å². The molecule has 0 spiro atoms. The second-order valence-corrected chi connectivity index (χ2v) is 8.12. The van der Waals surface area contributed by atoms with Gasteiger partial charge in [-0.25, -0.2) is 0 Å². The van der Waals surface area contributed by atoms with Gasteiger partial charge in [0.05, 0.1) is 0 Å². The SMILES string of the molecule is CC(C)CNCC1CCCCC1Cc1ccc(Br)cc1Cl. The molecular formula is C18H27BrClN. The van der Waals surface area contributed by atoms with Crippen molar-refractivity contribution in [1.29, 1.82) is 0 Å². The Morgan fingerprint density at radius 1 is 1.24 bits per heavy atom. The first kappa shape index (κ1) is 17.3. The summed E-state index contributed by atoms with van der Waals surface area (Å²) in [4.78, 5) is 0. The zero-order valence-electron chi connectivity index (χ0n) is 13.2. The van der Waals surface area contributed by atoms with E-state index in [4.69, 9.17) is 11.6 Å². The van der Waals surface area contributed by atoms with Crippen molar-refractivity contribution in [3.63, 3.8) is 0 Å². The Morgan fingerprint density at radius 2 is 1.95 bits per heavy atom. The summed E-state index contributed by atoms with van der Waals surface area (Å²) in [6.07, 6.45) is 6.60. The number of hydrogen-bond donors (Lipinski definition) is 1. The first-order valence-corrected chi connectivity index (χ1v) is 9.38. The van der Waals surface area contributed by atoms with E-state index in [-0.39, 0.29) is 0 Å². The molecule has 0 radical (unpaired) electrons. The van der Waals surface area contributed by atoms with E-state index < -0.39 is 0 Å². The molecule has 1 aromatic rings. The van der Waals surface area contributed by atoms with E-state index in [1.54, 1.807) is 0 Å². The maximum absolute atomic E-state index is 6.40. The Labute approximate surface area is 143 Å². The van der Waals surface area contributed by atoms with Crippen LogP contribution in [0.2, 0.25) is 5.02 Å². The van der Waals surface area contributed by atoms with Gasteiger partial charge in [0.15, 0.2) is 0 Å². The fraction of sp³-hybridized carbons (Fsp3) is 0.667. The van der Waals surface area contributed by atoms with Crippen molar-refractivity contribution >= 4 is 27.5 Å². The Hall–Kier alpha value is -0.0500. The third-order valence-electron chi connectivity index (χ3n) is 4.52. The van der Waals surface area contributed by atoms with Gasteiger partial charge >= 0.3 is 0 Å². The predicted octanol–water partition coefficient (Wildman–Crippen LogP) is 5.70. The largest absolute Gasteiger partial charge is 0.316 e. The summed E-state index contributed by atoms with van der Waals surface area (Å²) in [7, 11) is 0. The zero-order valence-corrected chi connectivity index (χ0v) is 15.5. The molecule has 1 nitrogen and oxygen atoms in total. The molecule has 1 saturated carbocycles. The highest BCUT2D eigenvalue weighted by atomic mass is 79.9. The maximum Gasteiger partial charge on any atom is 0.0449 e. The highest BCUT2D eigenvalue weighted by Crippen LogP contribution is 2.34. The summed E-state index contributed by atoms with van der Waals surface area (Å²) < 4.78 is 1.06. The molecule has 2 atom stereocenters. The van der Waals surface area contributed by atoms with Gasteiger partial charge in [-0.3, -0.25) is 0 Å². The van der Waals surface area contributed by atoms with Crippen molar-refractivity contribution in [2.45, 2.75) is 46.0 Å². The number of nitrogens with one attached hydrogen (secondary N) is 1. The molecule has 0 saturated heterocycles.